The molecule has 24 heavy (non-hydrogen) atoms. The summed E-state index contributed by atoms with van der Waals surface area (Å²) in [5, 5.41) is 0. The van der Waals surface area contributed by atoms with Gasteiger partial charge in [0.2, 0.25) is 0 Å². The van der Waals surface area contributed by atoms with Crippen LogP contribution in [0.15, 0.2) is 18.3 Å². The first kappa shape index (κ1) is 19.9. The molecule has 3 aromatic rings. The smallest absolute Gasteiger partial charge is 0.106 e. The predicted octanol–water partition coefficient (Wildman–Crippen LogP) is 5.45. The third-order valence-electron chi connectivity index (χ3n) is 4.87. The number of rotatable bonds is 0. The Kier molecular flexibility index (Phi) is 6.30. The van der Waals surface area contributed by atoms with Crippen molar-refractivity contribution in [2.75, 3.05) is 0 Å². The molecule has 0 aliphatic rings. The highest BCUT2D eigenvalue weighted by Crippen LogP contribution is 2.19. The van der Waals surface area contributed by atoms with Crippen LogP contribution in [-0.2, 0) is 7.05 Å². The lowest BCUT2D eigenvalue weighted by Gasteiger charge is -2.05. The van der Waals surface area contributed by atoms with Gasteiger partial charge in [-0.3, -0.25) is 4.98 Å². The number of imidazole rings is 1. The molecule has 0 aliphatic heterocycles. The van der Waals surface area contributed by atoms with Crippen molar-refractivity contribution >= 4 is 11.0 Å². The average Bonchev–Trinajstić information content (AvgIpc) is 2.77. The van der Waals surface area contributed by atoms with Crippen molar-refractivity contribution in [3.05, 3.63) is 57.7 Å². The summed E-state index contributed by atoms with van der Waals surface area (Å²) in [6.07, 6.45) is 1.93. The second kappa shape index (κ2) is 7.61. The standard InChI is InChI=1S/C11H14N2.C9H13N.CH4/c1-7-5-10-11(6-8(7)2)13(4)9(3)12-10;1-6-5-10-9(4)8(3)7(6)2;/h5-6H,1-4H3;5H,1-4H3;1H4. The first-order valence-corrected chi connectivity index (χ1v) is 8.02. The topological polar surface area (TPSA) is 30.7 Å². The largest absolute Gasteiger partial charge is 0.331 e. The lowest BCUT2D eigenvalue weighted by Crippen LogP contribution is -1.92. The molecule has 0 fully saturated rings. The Morgan fingerprint density at radius 1 is 0.792 bits per heavy atom. The van der Waals surface area contributed by atoms with Crippen molar-refractivity contribution in [2.45, 2.75) is 55.9 Å². The molecule has 0 amide bonds. The van der Waals surface area contributed by atoms with Crippen molar-refractivity contribution < 1.29 is 0 Å². The Hall–Kier alpha value is -2.16. The van der Waals surface area contributed by atoms with E-state index in [1.54, 1.807) is 0 Å². The van der Waals surface area contributed by atoms with Gasteiger partial charge in [-0.25, -0.2) is 4.98 Å². The number of benzene rings is 1. The maximum absolute atomic E-state index is 4.48. The van der Waals surface area contributed by atoms with E-state index >= 15 is 0 Å². The maximum Gasteiger partial charge on any atom is 0.106 e. The molecular weight excluding hydrogens is 294 g/mol. The molecule has 0 spiro atoms. The Labute approximate surface area is 146 Å². The van der Waals surface area contributed by atoms with Gasteiger partial charge in [0.25, 0.3) is 0 Å². The van der Waals surface area contributed by atoms with Gasteiger partial charge in [0.15, 0.2) is 0 Å². The van der Waals surface area contributed by atoms with Crippen molar-refractivity contribution in [3.8, 4) is 0 Å². The summed E-state index contributed by atoms with van der Waals surface area (Å²) in [7, 11) is 2.06. The zero-order valence-corrected chi connectivity index (χ0v) is 15.6. The highest BCUT2D eigenvalue weighted by molar-refractivity contribution is 5.77. The number of aryl methyl sites for hydroxylation is 6. The summed E-state index contributed by atoms with van der Waals surface area (Å²) in [6, 6.07) is 4.35. The molecule has 0 atom stereocenters. The number of hydrogen-bond donors (Lipinski definition) is 0. The van der Waals surface area contributed by atoms with E-state index in [0.717, 1.165) is 17.0 Å². The van der Waals surface area contributed by atoms with Gasteiger partial charge in [-0.15, -0.1) is 0 Å². The van der Waals surface area contributed by atoms with E-state index < -0.39 is 0 Å². The second-order valence-corrected chi connectivity index (χ2v) is 6.42. The zero-order chi connectivity index (χ0) is 17.3. The number of fused-ring (bicyclic) bond motifs is 1. The van der Waals surface area contributed by atoms with Crippen LogP contribution in [0.4, 0.5) is 0 Å². The summed E-state index contributed by atoms with van der Waals surface area (Å²) < 4.78 is 2.13. The molecular formula is C21H31N3. The van der Waals surface area contributed by atoms with Crippen LogP contribution in [0.25, 0.3) is 11.0 Å². The van der Waals surface area contributed by atoms with Crippen molar-refractivity contribution in [3.63, 3.8) is 0 Å². The van der Waals surface area contributed by atoms with Gasteiger partial charge < -0.3 is 4.57 Å². The third-order valence-corrected chi connectivity index (χ3v) is 4.87. The second-order valence-electron chi connectivity index (χ2n) is 6.42. The normalized spacial score (nSPS) is 10.2. The molecule has 1 aromatic carbocycles. The highest BCUT2D eigenvalue weighted by Gasteiger charge is 2.05. The fourth-order valence-electron chi connectivity index (χ4n) is 2.52. The van der Waals surface area contributed by atoms with Crippen LogP contribution in [0.1, 0.15) is 46.8 Å². The molecule has 2 heterocycles. The molecule has 0 unspecified atom stereocenters. The lowest BCUT2D eigenvalue weighted by molar-refractivity contribution is 0.885. The first-order chi connectivity index (χ1) is 10.7. The Morgan fingerprint density at radius 3 is 1.96 bits per heavy atom. The Bertz CT molecular complexity index is 830. The van der Waals surface area contributed by atoms with Crippen molar-refractivity contribution in [1.29, 1.82) is 0 Å². The lowest BCUT2D eigenvalue weighted by atomic mass is 10.1. The summed E-state index contributed by atoms with van der Waals surface area (Å²) in [5.74, 6) is 1.07. The fraction of sp³-hybridized carbons (Fsp3) is 0.429. The Balaban J connectivity index is 0.000000238. The summed E-state index contributed by atoms with van der Waals surface area (Å²) in [4.78, 5) is 8.72. The van der Waals surface area contributed by atoms with Gasteiger partial charge in [-0.2, -0.15) is 0 Å². The van der Waals surface area contributed by atoms with Crippen molar-refractivity contribution in [2.24, 2.45) is 7.05 Å². The molecule has 0 radical (unpaired) electrons. The molecule has 2 aromatic heterocycles. The van der Waals surface area contributed by atoms with Crippen LogP contribution in [0, 0.1) is 48.5 Å². The average molecular weight is 326 g/mol. The summed E-state index contributed by atoms with van der Waals surface area (Å²) in [5.41, 5.74) is 10.1. The summed E-state index contributed by atoms with van der Waals surface area (Å²) in [6.45, 7) is 14.7. The number of pyridine rings is 1. The molecule has 0 bridgehead atoms. The minimum atomic E-state index is 0. The van der Waals surface area contributed by atoms with Crippen molar-refractivity contribution in [1.82, 2.24) is 14.5 Å². The SMILES string of the molecule is C.Cc1cc2nc(C)n(C)c2cc1C.Cc1cnc(C)c(C)c1C. The van der Waals surface area contributed by atoms with Gasteiger partial charge >= 0.3 is 0 Å². The Morgan fingerprint density at radius 2 is 1.38 bits per heavy atom. The van der Waals surface area contributed by atoms with Gasteiger partial charge in [0.05, 0.1) is 11.0 Å². The number of aromatic nitrogens is 3. The quantitative estimate of drug-likeness (QED) is 0.550. The van der Waals surface area contributed by atoms with E-state index in [1.807, 2.05) is 20.0 Å². The van der Waals surface area contributed by atoms with Crippen LogP contribution in [-0.4, -0.2) is 14.5 Å². The highest BCUT2D eigenvalue weighted by atomic mass is 15.0. The predicted molar refractivity (Wildman–Crippen MR) is 105 cm³/mol. The van der Waals surface area contributed by atoms with Gasteiger partial charge in [-0.1, -0.05) is 7.43 Å². The van der Waals surface area contributed by atoms with Gasteiger partial charge in [-0.05, 0) is 88.4 Å². The molecule has 3 nitrogen and oxygen atoms in total. The van der Waals surface area contributed by atoms with Crippen LogP contribution in [0.3, 0.4) is 0 Å². The zero-order valence-electron chi connectivity index (χ0n) is 15.6. The molecule has 0 aliphatic carbocycles. The molecule has 3 heteroatoms. The number of hydrogen-bond acceptors (Lipinski definition) is 2. The fourth-order valence-corrected chi connectivity index (χ4v) is 2.52. The van der Waals surface area contributed by atoms with E-state index in [0.29, 0.717) is 0 Å². The maximum atomic E-state index is 4.48. The minimum absolute atomic E-state index is 0. The molecule has 0 saturated carbocycles. The number of nitrogens with zero attached hydrogens (tertiary/aromatic N) is 3. The van der Waals surface area contributed by atoms with E-state index in [4.69, 9.17) is 0 Å². The van der Waals surface area contributed by atoms with E-state index in [9.17, 15) is 0 Å². The van der Waals surface area contributed by atoms with Gasteiger partial charge in [0, 0.05) is 18.9 Å². The first-order valence-electron chi connectivity index (χ1n) is 8.02. The van der Waals surface area contributed by atoms with Gasteiger partial charge in [0.1, 0.15) is 5.82 Å². The van der Waals surface area contributed by atoms with E-state index in [-0.39, 0.29) is 7.43 Å². The summed E-state index contributed by atoms with van der Waals surface area (Å²) >= 11 is 0. The van der Waals surface area contributed by atoms with Crippen LogP contribution < -0.4 is 0 Å². The molecule has 130 valence electrons. The molecule has 0 N–H and O–H groups in total. The monoisotopic (exact) mass is 325 g/mol. The van der Waals surface area contributed by atoms with Crippen LogP contribution in [0.5, 0.6) is 0 Å². The van der Waals surface area contributed by atoms with Crippen LogP contribution >= 0.6 is 0 Å². The minimum Gasteiger partial charge on any atom is -0.331 e. The third kappa shape index (κ3) is 3.84. The van der Waals surface area contributed by atoms with Crippen LogP contribution in [0.2, 0.25) is 0 Å². The molecule has 3 rings (SSSR count). The van der Waals surface area contributed by atoms with E-state index in [2.05, 4.69) is 68.3 Å². The molecule has 0 saturated heterocycles. The van der Waals surface area contributed by atoms with E-state index in [1.165, 1.54) is 33.3 Å².